The van der Waals surface area contributed by atoms with Gasteiger partial charge in [0.1, 0.15) is 33.9 Å². The zero-order valence-electron chi connectivity index (χ0n) is 20.1. The molecule has 35 heavy (non-hydrogen) atoms. The summed E-state index contributed by atoms with van der Waals surface area (Å²) in [5.41, 5.74) is -3.66. The Morgan fingerprint density at radius 2 is 1.91 bits per heavy atom. The number of benzene rings is 1. The number of piperidine rings is 2. The number of anilines is 1. The number of piperazine rings is 1. The topological polar surface area (TPSA) is 108 Å². The van der Waals surface area contributed by atoms with Crippen molar-refractivity contribution in [3.8, 4) is 5.75 Å². The predicted molar refractivity (Wildman–Crippen MR) is 128 cm³/mol. The second-order valence-corrected chi connectivity index (χ2v) is 12.5. The van der Waals surface area contributed by atoms with Crippen LogP contribution in [0.5, 0.6) is 5.75 Å². The average molecular weight is 498 g/mol. The van der Waals surface area contributed by atoms with Gasteiger partial charge in [-0.05, 0) is 62.3 Å². The molecular formula is C26H28ClN3O5. The van der Waals surface area contributed by atoms with Crippen LogP contribution in [0.1, 0.15) is 58.1 Å². The SMILES string of the molecule is CC1(C)C=Cc2c3c(cc(Cl)c2O1)[C@@]1(C(=O)N3)[C@H](O)[C@@]23NC(=O)[C@]4(CCCN4C2=O)C[C@H]3C1(C)C. The van der Waals surface area contributed by atoms with E-state index in [2.05, 4.69) is 10.6 Å². The van der Waals surface area contributed by atoms with Crippen molar-refractivity contribution >= 4 is 41.1 Å². The molecule has 3 N–H and O–H groups in total. The van der Waals surface area contributed by atoms with Crippen molar-refractivity contribution in [3.63, 3.8) is 0 Å². The lowest BCUT2D eigenvalue weighted by Gasteiger charge is -2.59. The molecule has 5 fully saturated rings. The summed E-state index contributed by atoms with van der Waals surface area (Å²) >= 11 is 6.74. The van der Waals surface area contributed by atoms with Gasteiger partial charge >= 0.3 is 0 Å². The van der Waals surface area contributed by atoms with Gasteiger partial charge in [-0.15, -0.1) is 0 Å². The summed E-state index contributed by atoms with van der Waals surface area (Å²) in [6.45, 7) is 8.19. The molecule has 8 rings (SSSR count). The van der Waals surface area contributed by atoms with Crippen LogP contribution in [0.15, 0.2) is 12.1 Å². The Bertz CT molecular complexity index is 1320. The normalized spacial score (nSPS) is 40.7. The van der Waals surface area contributed by atoms with E-state index in [9.17, 15) is 19.5 Å². The summed E-state index contributed by atoms with van der Waals surface area (Å²) in [6.07, 6.45) is 4.08. The van der Waals surface area contributed by atoms with Gasteiger partial charge < -0.3 is 25.4 Å². The van der Waals surface area contributed by atoms with Crippen LogP contribution < -0.4 is 15.4 Å². The third kappa shape index (κ3) is 2.01. The summed E-state index contributed by atoms with van der Waals surface area (Å²) in [5.74, 6) is -0.848. The summed E-state index contributed by atoms with van der Waals surface area (Å²) in [5, 5.41) is 18.5. The van der Waals surface area contributed by atoms with Gasteiger partial charge in [0.25, 0.3) is 5.91 Å². The maximum Gasteiger partial charge on any atom is 0.252 e. The number of nitrogens with one attached hydrogen (secondary N) is 2. The first-order valence-electron chi connectivity index (χ1n) is 12.2. The first-order valence-corrected chi connectivity index (χ1v) is 12.6. The molecule has 4 saturated heterocycles. The molecule has 2 bridgehead atoms. The Hall–Kier alpha value is -2.58. The molecule has 1 saturated carbocycles. The Morgan fingerprint density at radius 1 is 1.17 bits per heavy atom. The zero-order valence-corrected chi connectivity index (χ0v) is 20.9. The Kier molecular flexibility index (Phi) is 3.63. The number of rotatable bonds is 0. The number of nitrogens with zero attached hydrogens (tertiary/aromatic N) is 1. The fourth-order valence-electron chi connectivity index (χ4n) is 8.39. The van der Waals surface area contributed by atoms with E-state index in [1.54, 1.807) is 11.0 Å². The fourth-order valence-corrected chi connectivity index (χ4v) is 8.64. The van der Waals surface area contributed by atoms with E-state index in [1.165, 1.54) is 0 Å². The smallest absolute Gasteiger partial charge is 0.252 e. The molecule has 9 heteroatoms. The minimum absolute atomic E-state index is 0.224. The van der Waals surface area contributed by atoms with Gasteiger partial charge in [-0.3, -0.25) is 14.4 Å². The Labute approximate surface area is 208 Å². The molecular weight excluding hydrogens is 470 g/mol. The molecule has 184 valence electrons. The highest BCUT2D eigenvalue weighted by molar-refractivity contribution is 6.33. The third-order valence-corrected chi connectivity index (χ3v) is 10.2. The number of carbonyl (C=O) groups is 3. The highest BCUT2D eigenvalue weighted by Gasteiger charge is 2.85. The minimum Gasteiger partial charge on any atom is -0.482 e. The molecule has 1 aromatic rings. The number of amides is 3. The van der Waals surface area contributed by atoms with E-state index in [4.69, 9.17) is 16.3 Å². The van der Waals surface area contributed by atoms with Gasteiger partial charge in [0, 0.05) is 18.0 Å². The van der Waals surface area contributed by atoms with Crippen LogP contribution >= 0.6 is 11.6 Å². The molecule has 1 aromatic carbocycles. The zero-order chi connectivity index (χ0) is 24.9. The number of ether oxygens (including phenoxy) is 1. The molecule has 7 aliphatic rings. The highest BCUT2D eigenvalue weighted by atomic mass is 35.5. The van der Waals surface area contributed by atoms with E-state index < -0.39 is 39.5 Å². The third-order valence-electron chi connectivity index (χ3n) is 9.96. The first-order chi connectivity index (χ1) is 16.3. The van der Waals surface area contributed by atoms with Gasteiger partial charge in [-0.25, -0.2) is 0 Å². The maximum atomic E-state index is 14.0. The lowest BCUT2D eigenvalue weighted by atomic mass is 9.57. The molecule has 6 aliphatic heterocycles. The molecule has 5 atom stereocenters. The molecule has 6 heterocycles. The second-order valence-electron chi connectivity index (χ2n) is 12.1. The highest BCUT2D eigenvalue weighted by Crippen LogP contribution is 2.70. The largest absolute Gasteiger partial charge is 0.482 e. The van der Waals surface area contributed by atoms with E-state index in [0.29, 0.717) is 47.0 Å². The number of aliphatic hydroxyl groups is 1. The van der Waals surface area contributed by atoms with Crippen LogP contribution in [0.2, 0.25) is 5.02 Å². The van der Waals surface area contributed by atoms with Gasteiger partial charge in [0.15, 0.2) is 0 Å². The Morgan fingerprint density at radius 3 is 2.66 bits per heavy atom. The van der Waals surface area contributed by atoms with E-state index in [1.807, 2.05) is 39.8 Å². The van der Waals surface area contributed by atoms with Crippen LogP contribution in [0.25, 0.3) is 6.08 Å². The van der Waals surface area contributed by atoms with Crippen molar-refractivity contribution in [2.45, 2.75) is 75.2 Å². The van der Waals surface area contributed by atoms with E-state index >= 15 is 0 Å². The van der Waals surface area contributed by atoms with Crippen molar-refractivity contribution < 1.29 is 24.2 Å². The van der Waals surface area contributed by atoms with E-state index in [0.717, 1.165) is 6.42 Å². The average Bonchev–Trinajstić information content (AvgIpc) is 3.38. The first kappa shape index (κ1) is 21.7. The van der Waals surface area contributed by atoms with Crippen LogP contribution in [0.3, 0.4) is 0 Å². The molecule has 1 aliphatic carbocycles. The maximum absolute atomic E-state index is 14.0. The summed E-state index contributed by atoms with van der Waals surface area (Å²) in [7, 11) is 0. The summed E-state index contributed by atoms with van der Waals surface area (Å²) in [4.78, 5) is 43.1. The van der Waals surface area contributed by atoms with Crippen molar-refractivity contribution in [2.24, 2.45) is 11.3 Å². The summed E-state index contributed by atoms with van der Waals surface area (Å²) < 4.78 is 6.11. The molecule has 0 aromatic heterocycles. The molecule has 3 spiro atoms. The van der Waals surface area contributed by atoms with Crippen molar-refractivity contribution in [1.29, 1.82) is 0 Å². The number of halogens is 1. The van der Waals surface area contributed by atoms with Crippen LogP contribution in [-0.4, -0.2) is 57.1 Å². The monoisotopic (exact) mass is 497 g/mol. The van der Waals surface area contributed by atoms with Crippen molar-refractivity contribution in [2.75, 3.05) is 11.9 Å². The molecule has 0 unspecified atom stereocenters. The van der Waals surface area contributed by atoms with Crippen molar-refractivity contribution in [3.05, 3.63) is 28.3 Å². The number of carbonyl (C=O) groups excluding carboxylic acids is 3. The quantitative estimate of drug-likeness (QED) is 0.510. The lowest BCUT2D eigenvalue weighted by molar-refractivity contribution is -0.180. The summed E-state index contributed by atoms with van der Waals surface area (Å²) in [6, 6.07) is 1.69. The van der Waals surface area contributed by atoms with Crippen LogP contribution in [0.4, 0.5) is 5.69 Å². The second kappa shape index (κ2) is 5.86. The van der Waals surface area contributed by atoms with Gasteiger partial charge in [0.05, 0.1) is 10.7 Å². The van der Waals surface area contributed by atoms with Crippen molar-refractivity contribution in [1.82, 2.24) is 10.2 Å². The Balaban J connectivity index is 1.49. The fraction of sp³-hybridized carbons (Fsp3) is 0.577. The minimum atomic E-state index is -1.57. The van der Waals surface area contributed by atoms with Gasteiger partial charge in [-0.2, -0.15) is 0 Å². The number of hydrogen-bond acceptors (Lipinski definition) is 5. The molecule has 0 radical (unpaired) electrons. The van der Waals surface area contributed by atoms with Gasteiger partial charge in [0.2, 0.25) is 11.8 Å². The number of fused-ring (bicyclic) bond motifs is 5. The lowest BCUT2D eigenvalue weighted by Crippen LogP contribution is -2.83. The number of aliphatic hydroxyl groups excluding tert-OH is 1. The van der Waals surface area contributed by atoms with Crippen LogP contribution in [0, 0.1) is 11.3 Å². The van der Waals surface area contributed by atoms with Gasteiger partial charge in [-0.1, -0.05) is 25.4 Å². The molecule has 8 nitrogen and oxygen atoms in total. The standard InChI is InChI=1S/C26H28ClN3O5/c1-22(2)8-6-12-16-13(10-14(27)17(12)35-22)25(20(33)28-16)18(31)26-15(23(25,3)4)11-24(19(32)29-26)7-5-9-30(24)21(26)34/h6,8,10,15,18,31H,5,7,9,11H2,1-4H3,(H,28,33)(H,29,32)/t15-,18-,24-,25-,26+/m0/s1. The predicted octanol–water partition coefficient (Wildman–Crippen LogP) is 2.36. The molecule has 3 amide bonds. The van der Waals surface area contributed by atoms with Crippen LogP contribution in [-0.2, 0) is 19.8 Å². The van der Waals surface area contributed by atoms with E-state index in [-0.39, 0.29) is 17.7 Å². The number of hydrogen-bond donors (Lipinski definition) is 3.